The topological polar surface area (TPSA) is 86.8 Å². The summed E-state index contributed by atoms with van der Waals surface area (Å²) in [4.78, 5) is 28.0. The molecule has 0 radical (unpaired) electrons. The van der Waals surface area contributed by atoms with Crippen LogP contribution in [-0.4, -0.2) is 49.5 Å². The Kier molecular flexibility index (Phi) is 10.3. The van der Waals surface area contributed by atoms with Crippen LogP contribution in [-0.2, 0) is 26.2 Å². The SMILES string of the molecule is CC[C@H](C(=O)NC(C)(C)C)N(Cc1ccccc1Cl)C(=O)CCCN(c1ccc(F)cc1)S(C)(=O)=O. The number of sulfonamides is 1. The molecule has 7 nitrogen and oxygen atoms in total. The van der Waals surface area contributed by atoms with E-state index in [9.17, 15) is 22.4 Å². The van der Waals surface area contributed by atoms with Gasteiger partial charge in [0.05, 0.1) is 11.9 Å². The number of carbonyl (C=O) groups is 2. The molecule has 10 heteroatoms. The third-order valence-corrected chi connectivity index (χ3v) is 7.01. The minimum absolute atomic E-state index is 0.0109. The quantitative estimate of drug-likeness (QED) is 0.446. The van der Waals surface area contributed by atoms with Gasteiger partial charge in [0.1, 0.15) is 11.9 Å². The van der Waals surface area contributed by atoms with Crippen molar-refractivity contribution >= 4 is 39.1 Å². The molecule has 0 bridgehead atoms. The molecule has 0 unspecified atom stereocenters. The van der Waals surface area contributed by atoms with Crippen molar-refractivity contribution in [1.82, 2.24) is 10.2 Å². The molecule has 0 aliphatic heterocycles. The Hall–Kier alpha value is -2.65. The number of halogens is 2. The Morgan fingerprint density at radius 2 is 1.69 bits per heavy atom. The lowest BCUT2D eigenvalue weighted by Gasteiger charge is -2.33. The van der Waals surface area contributed by atoms with Gasteiger partial charge in [0.25, 0.3) is 0 Å². The van der Waals surface area contributed by atoms with Crippen molar-refractivity contribution in [3.05, 3.63) is 64.9 Å². The van der Waals surface area contributed by atoms with Gasteiger partial charge in [-0.1, -0.05) is 36.7 Å². The maximum Gasteiger partial charge on any atom is 0.243 e. The van der Waals surface area contributed by atoms with E-state index in [4.69, 9.17) is 11.6 Å². The first kappa shape index (κ1) is 29.6. The largest absolute Gasteiger partial charge is 0.350 e. The van der Waals surface area contributed by atoms with Gasteiger partial charge in [-0.15, -0.1) is 0 Å². The molecule has 2 rings (SSSR count). The van der Waals surface area contributed by atoms with Gasteiger partial charge in [0.15, 0.2) is 0 Å². The molecule has 0 aliphatic rings. The van der Waals surface area contributed by atoms with Crippen molar-refractivity contribution in [2.45, 2.75) is 65.1 Å². The van der Waals surface area contributed by atoms with Crippen LogP contribution in [0.2, 0.25) is 5.02 Å². The number of anilines is 1. The molecule has 0 saturated carbocycles. The van der Waals surface area contributed by atoms with E-state index in [2.05, 4.69) is 5.32 Å². The summed E-state index contributed by atoms with van der Waals surface area (Å²) >= 11 is 6.34. The maximum absolute atomic E-state index is 13.4. The molecule has 198 valence electrons. The van der Waals surface area contributed by atoms with E-state index in [-0.39, 0.29) is 37.7 Å². The zero-order chi connectivity index (χ0) is 27.1. The van der Waals surface area contributed by atoms with E-state index in [0.717, 1.165) is 10.6 Å². The van der Waals surface area contributed by atoms with E-state index in [0.29, 0.717) is 22.7 Å². The minimum atomic E-state index is -3.65. The summed E-state index contributed by atoms with van der Waals surface area (Å²) in [6, 6.07) is 11.5. The molecule has 36 heavy (non-hydrogen) atoms. The minimum Gasteiger partial charge on any atom is -0.350 e. The summed E-state index contributed by atoms with van der Waals surface area (Å²) in [5, 5.41) is 3.43. The summed E-state index contributed by atoms with van der Waals surface area (Å²) in [7, 11) is -3.65. The highest BCUT2D eigenvalue weighted by molar-refractivity contribution is 7.92. The normalized spacial score (nSPS) is 12.6. The third-order valence-electron chi connectivity index (χ3n) is 5.45. The molecule has 1 N–H and O–H groups in total. The van der Waals surface area contributed by atoms with E-state index in [1.807, 2.05) is 33.8 Å². The number of nitrogens with one attached hydrogen (secondary N) is 1. The number of nitrogens with zero attached hydrogens (tertiary/aromatic N) is 2. The summed E-state index contributed by atoms with van der Waals surface area (Å²) in [6.45, 7) is 7.61. The van der Waals surface area contributed by atoms with Gasteiger partial charge in [-0.25, -0.2) is 12.8 Å². The molecule has 0 heterocycles. The molecule has 0 aliphatic carbocycles. The number of rotatable bonds is 11. The Balaban J connectivity index is 2.24. The Morgan fingerprint density at radius 3 is 2.22 bits per heavy atom. The second kappa shape index (κ2) is 12.5. The molecule has 2 amide bonds. The van der Waals surface area contributed by atoms with Crippen LogP contribution in [0.1, 0.15) is 52.5 Å². The molecular weight excluding hydrogens is 505 g/mol. The number of benzene rings is 2. The third kappa shape index (κ3) is 8.78. The van der Waals surface area contributed by atoms with Crippen LogP contribution in [0.5, 0.6) is 0 Å². The van der Waals surface area contributed by atoms with Crippen LogP contribution in [0, 0.1) is 5.82 Å². The average Bonchev–Trinajstić information content (AvgIpc) is 2.76. The molecule has 0 spiro atoms. The van der Waals surface area contributed by atoms with Crippen molar-refractivity contribution in [3.63, 3.8) is 0 Å². The smallest absolute Gasteiger partial charge is 0.243 e. The van der Waals surface area contributed by atoms with Gasteiger partial charge in [0.2, 0.25) is 21.8 Å². The molecule has 1 atom stereocenters. The highest BCUT2D eigenvalue weighted by Gasteiger charge is 2.31. The van der Waals surface area contributed by atoms with Crippen LogP contribution >= 0.6 is 11.6 Å². The second-order valence-electron chi connectivity index (χ2n) is 9.69. The van der Waals surface area contributed by atoms with Crippen molar-refractivity contribution in [2.24, 2.45) is 0 Å². The first-order chi connectivity index (χ1) is 16.7. The summed E-state index contributed by atoms with van der Waals surface area (Å²) in [6.07, 6.45) is 1.67. The van der Waals surface area contributed by atoms with Gasteiger partial charge in [-0.05, 0) is 69.5 Å². The van der Waals surface area contributed by atoms with Crippen LogP contribution in [0.3, 0.4) is 0 Å². The van der Waals surface area contributed by atoms with Gasteiger partial charge in [0, 0.05) is 30.1 Å². The Bertz CT molecular complexity index is 1150. The summed E-state index contributed by atoms with van der Waals surface area (Å²) in [5.74, 6) is -1.04. The van der Waals surface area contributed by atoms with Crippen LogP contribution in [0.15, 0.2) is 48.5 Å². The van der Waals surface area contributed by atoms with Gasteiger partial charge >= 0.3 is 0 Å². The zero-order valence-corrected chi connectivity index (χ0v) is 23.0. The molecule has 0 fully saturated rings. The lowest BCUT2D eigenvalue weighted by atomic mass is 10.0. The number of amides is 2. The zero-order valence-electron chi connectivity index (χ0n) is 21.4. The van der Waals surface area contributed by atoms with E-state index in [1.54, 1.807) is 18.2 Å². The average molecular weight is 540 g/mol. The van der Waals surface area contributed by atoms with Crippen molar-refractivity contribution in [1.29, 1.82) is 0 Å². The first-order valence-corrected chi connectivity index (χ1v) is 14.0. The van der Waals surface area contributed by atoms with Crippen molar-refractivity contribution in [3.8, 4) is 0 Å². The standard InChI is InChI=1S/C26H35ClFN3O4S/c1-6-23(25(33)29-26(2,3)4)30(18-19-10-7-8-11-22(19)27)24(32)12-9-17-31(36(5,34)35)21-15-13-20(28)14-16-21/h7-8,10-11,13-16,23H,6,9,12,17-18H2,1-5H3,(H,29,33)/t23-/m1/s1. The van der Waals surface area contributed by atoms with Gasteiger partial charge < -0.3 is 10.2 Å². The molecule has 2 aromatic rings. The van der Waals surface area contributed by atoms with E-state index < -0.39 is 27.4 Å². The molecule has 2 aromatic carbocycles. The monoisotopic (exact) mass is 539 g/mol. The molecular formula is C26H35ClFN3O4S. The van der Waals surface area contributed by atoms with Gasteiger partial charge in [-0.2, -0.15) is 0 Å². The highest BCUT2D eigenvalue weighted by Crippen LogP contribution is 2.22. The van der Waals surface area contributed by atoms with E-state index >= 15 is 0 Å². The van der Waals surface area contributed by atoms with E-state index in [1.165, 1.54) is 29.2 Å². The number of carbonyl (C=O) groups excluding carboxylic acids is 2. The fourth-order valence-electron chi connectivity index (χ4n) is 3.79. The van der Waals surface area contributed by atoms with Crippen molar-refractivity contribution in [2.75, 3.05) is 17.1 Å². The fraction of sp³-hybridized carbons (Fsp3) is 0.462. The highest BCUT2D eigenvalue weighted by atomic mass is 35.5. The van der Waals surface area contributed by atoms with Crippen LogP contribution in [0.4, 0.5) is 10.1 Å². The molecule has 0 saturated heterocycles. The van der Waals surface area contributed by atoms with Crippen LogP contribution in [0.25, 0.3) is 0 Å². The van der Waals surface area contributed by atoms with Crippen LogP contribution < -0.4 is 9.62 Å². The lowest BCUT2D eigenvalue weighted by molar-refractivity contribution is -0.142. The molecule has 0 aromatic heterocycles. The summed E-state index contributed by atoms with van der Waals surface area (Å²) in [5.41, 5.74) is 0.545. The fourth-order valence-corrected chi connectivity index (χ4v) is 4.95. The lowest BCUT2D eigenvalue weighted by Crippen LogP contribution is -2.53. The van der Waals surface area contributed by atoms with Crippen molar-refractivity contribution < 1.29 is 22.4 Å². The predicted octanol–water partition coefficient (Wildman–Crippen LogP) is 4.75. The predicted molar refractivity (Wildman–Crippen MR) is 142 cm³/mol. The summed E-state index contributed by atoms with van der Waals surface area (Å²) < 4.78 is 39.2. The second-order valence-corrected chi connectivity index (χ2v) is 12.0. The number of hydrogen-bond donors (Lipinski definition) is 1. The van der Waals surface area contributed by atoms with Gasteiger partial charge in [-0.3, -0.25) is 13.9 Å². The number of hydrogen-bond acceptors (Lipinski definition) is 4. The maximum atomic E-state index is 13.4. The Labute approximate surface area is 218 Å². The Morgan fingerprint density at radius 1 is 1.08 bits per heavy atom. The first-order valence-electron chi connectivity index (χ1n) is 11.8.